The summed E-state index contributed by atoms with van der Waals surface area (Å²) in [4.78, 5) is 21.7. The van der Waals surface area contributed by atoms with Gasteiger partial charge in [-0.1, -0.05) is 22.0 Å². The maximum atomic E-state index is 12.2. The lowest BCUT2D eigenvalue weighted by Crippen LogP contribution is -2.43. The third-order valence-corrected chi connectivity index (χ3v) is 4.55. The number of carbonyl (C=O) groups is 2. The summed E-state index contributed by atoms with van der Waals surface area (Å²) in [6, 6.07) is 2.98. The maximum absolute atomic E-state index is 12.2. The van der Waals surface area contributed by atoms with Crippen molar-refractivity contribution in [3.05, 3.63) is 28.2 Å². The molecule has 0 bridgehead atoms. The number of rotatable bonds is 6. The Kier molecular flexibility index (Phi) is 5.26. The Balaban J connectivity index is 3.12. The monoisotopic (exact) mass is 364 g/mol. The average molecular weight is 365 g/mol. The molecular formula is C11H13BrN2O5S. The van der Waals surface area contributed by atoms with Crippen molar-refractivity contribution in [2.45, 2.75) is 24.3 Å². The Morgan fingerprint density at radius 3 is 2.55 bits per heavy atom. The number of hydrogen-bond donors (Lipinski definition) is 3. The van der Waals surface area contributed by atoms with E-state index < -0.39 is 34.4 Å². The predicted octanol–water partition coefficient (Wildman–Crippen LogP) is 0.364. The van der Waals surface area contributed by atoms with Crippen LogP contribution in [-0.2, 0) is 19.6 Å². The van der Waals surface area contributed by atoms with Gasteiger partial charge in [0, 0.05) is 4.47 Å². The summed E-state index contributed by atoms with van der Waals surface area (Å²) in [7, 11) is -4.07. The highest BCUT2D eigenvalue weighted by atomic mass is 79.9. The minimum atomic E-state index is -4.07. The number of halogens is 1. The van der Waals surface area contributed by atoms with Crippen molar-refractivity contribution in [2.24, 2.45) is 5.73 Å². The molecule has 1 atom stereocenters. The molecule has 1 rings (SSSR count). The topological polar surface area (TPSA) is 127 Å². The van der Waals surface area contributed by atoms with Gasteiger partial charge in [0.1, 0.15) is 6.04 Å². The number of primary amides is 1. The molecule has 1 aromatic carbocycles. The normalized spacial score (nSPS) is 12.9. The standard InChI is InChI=1S/C11H13BrN2O5S/c1-6-2-3-7(12)4-9(6)20(18,19)14-8(11(16)17)5-10(13)15/h2-4,8,14H,5H2,1H3,(H2,13,15)(H,16,17)/t8-/m1/s1. The number of carboxylic acid groups (broad SMARTS) is 1. The number of sulfonamides is 1. The Morgan fingerprint density at radius 2 is 2.05 bits per heavy atom. The summed E-state index contributed by atoms with van der Waals surface area (Å²) in [6.45, 7) is 1.57. The van der Waals surface area contributed by atoms with Crippen LogP contribution in [-0.4, -0.2) is 31.4 Å². The molecule has 0 spiro atoms. The van der Waals surface area contributed by atoms with Crippen molar-refractivity contribution in [1.29, 1.82) is 0 Å². The summed E-state index contributed by atoms with van der Waals surface area (Å²) in [5, 5.41) is 8.91. The van der Waals surface area contributed by atoms with E-state index in [1.807, 2.05) is 4.72 Å². The van der Waals surface area contributed by atoms with E-state index in [0.717, 1.165) is 0 Å². The molecule has 1 amide bonds. The number of nitrogens with one attached hydrogen (secondary N) is 1. The summed E-state index contributed by atoms with van der Waals surface area (Å²) in [6.07, 6.45) is -0.623. The molecule has 0 aliphatic carbocycles. The highest BCUT2D eigenvalue weighted by Crippen LogP contribution is 2.20. The fourth-order valence-corrected chi connectivity index (χ4v) is 3.47. The first-order chi connectivity index (χ1) is 9.13. The van der Waals surface area contributed by atoms with Crippen LogP contribution in [0.2, 0.25) is 0 Å². The molecule has 9 heteroatoms. The number of amides is 1. The van der Waals surface area contributed by atoms with Crippen LogP contribution in [0.3, 0.4) is 0 Å². The van der Waals surface area contributed by atoms with E-state index in [9.17, 15) is 18.0 Å². The Bertz CT molecular complexity index is 644. The minimum Gasteiger partial charge on any atom is -0.480 e. The summed E-state index contributed by atoms with van der Waals surface area (Å²) in [5.41, 5.74) is 5.35. The molecule has 0 unspecified atom stereocenters. The van der Waals surface area contributed by atoms with E-state index in [-0.39, 0.29) is 4.90 Å². The van der Waals surface area contributed by atoms with Crippen molar-refractivity contribution in [3.63, 3.8) is 0 Å². The van der Waals surface area contributed by atoms with Gasteiger partial charge in [0.2, 0.25) is 15.9 Å². The molecule has 4 N–H and O–H groups in total. The number of hydrogen-bond acceptors (Lipinski definition) is 4. The zero-order chi connectivity index (χ0) is 15.5. The van der Waals surface area contributed by atoms with E-state index in [1.54, 1.807) is 19.1 Å². The second-order valence-electron chi connectivity index (χ2n) is 4.09. The van der Waals surface area contributed by atoms with Crippen LogP contribution in [0.4, 0.5) is 0 Å². The molecule has 0 saturated carbocycles. The molecule has 0 fully saturated rings. The first-order valence-corrected chi connectivity index (χ1v) is 7.70. The smallest absolute Gasteiger partial charge is 0.322 e. The zero-order valence-corrected chi connectivity index (χ0v) is 12.9. The fraction of sp³-hybridized carbons (Fsp3) is 0.273. The highest BCUT2D eigenvalue weighted by Gasteiger charge is 2.27. The second kappa shape index (κ2) is 6.33. The third-order valence-electron chi connectivity index (χ3n) is 2.44. The fourth-order valence-electron chi connectivity index (χ4n) is 1.49. The average Bonchev–Trinajstić information content (AvgIpc) is 2.30. The van der Waals surface area contributed by atoms with Gasteiger partial charge in [-0.2, -0.15) is 4.72 Å². The molecule has 0 aliphatic rings. The van der Waals surface area contributed by atoms with Crippen LogP contribution in [0.15, 0.2) is 27.6 Å². The lowest BCUT2D eigenvalue weighted by Gasteiger charge is -2.14. The number of carbonyl (C=O) groups excluding carboxylic acids is 1. The molecule has 7 nitrogen and oxygen atoms in total. The van der Waals surface area contributed by atoms with Crippen LogP contribution < -0.4 is 10.5 Å². The number of aryl methyl sites for hydroxylation is 1. The first kappa shape index (κ1) is 16.6. The van der Waals surface area contributed by atoms with Gasteiger partial charge >= 0.3 is 5.97 Å². The zero-order valence-electron chi connectivity index (χ0n) is 10.5. The molecular weight excluding hydrogens is 352 g/mol. The van der Waals surface area contributed by atoms with Crippen LogP contribution in [0.25, 0.3) is 0 Å². The summed E-state index contributed by atoms with van der Waals surface area (Å²) >= 11 is 3.14. The molecule has 0 aliphatic heterocycles. The maximum Gasteiger partial charge on any atom is 0.322 e. The molecule has 110 valence electrons. The van der Waals surface area contributed by atoms with Crippen molar-refractivity contribution >= 4 is 37.8 Å². The Labute approximate surface area is 124 Å². The second-order valence-corrected chi connectivity index (χ2v) is 6.69. The largest absolute Gasteiger partial charge is 0.480 e. The van der Waals surface area contributed by atoms with Crippen LogP contribution in [0, 0.1) is 6.92 Å². The number of nitrogens with two attached hydrogens (primary N) is 1. The van der Waals surface area contributed by atoms with Crippen molar-refractivity contribution in [2.75, 3.05) is 0 Å². The van der Waals surface area contributed by atoms with Crippen molar-refractivity contribution < 1.29 is 23.1 Å². The highest BCUT2D eigenvalue weighted by molar-refractivity contribution is 9.10. The quantitative estimate of drug-likeness (QED) is 0.671. The lowest BCUT2D eigenvalue weighted by molar-refractivity contribution is -0.140. The van der Waals surface area contributed by atoms with E-state index >= 15 is 0 Å². The first-order valence-electron chi connectivity index (χ1n) is 5.43. The van der Waals surface area contributed by atoms with Gasteiger partial charge < -0.3 is 10.8 Å². The van der Waals surface area contributed by atoms with E-state index in [4.69, 9.17) is 10.8 Å². The Hall–Kier alpha value is -1.45. The molecule has 20 heavy (non-hydrogen) atoms. The van der Waals surface area contributed by atoms with Gasteiger partial charge in [-0.3, -0.25) is 9.59 Å². The lowest BCUT2D eigenvalue weighted by atomic mass is 10.2. The van der Waals surface area contributed by atoms with Crippen molar-refractivity contribution in [3.8, 4) is 0 Å². The van der Waals surface area contributed by atoms with Crippen LogP contribution >= 0.6 is 15.9 Å². The third kappa shape index (κ3) is 4.29. The van der Waals surface area contributed by atoms with Gasteiger partial charge in [-0.05, 0) is 24.6 Å². The minimum absolute atomic E-state index is 0.0670. The van der Waals surface area contributed by atoms with Gasteiger partial charge in [0.25, 0.3) is 0 Å². The molecule has 0 aromatic heterocycles. The van der Waals surface area contributed by atoms with Gasteiger partial charge in [0.05, 0.1) is 11.3 Å². The number of benzene rings is 1. The van der Waals surface area contributed by atoms with Crippen LogP contribution in [0.1, 0.15) is 12.0 Å². The summed E-state index contributed by atoms with van der Waals surface area (Å²) in [5.74, 6) is -2.38. The SMILES string of the molecule is Cc1ccc(Br)cc1S(=O)(=O)N[C@H](CC(N)=O)C(=O)O. The van der Waals surface area contributed by atoms with E-state index in [2.05, 4.69) is 15.9 Å². The van der Waals surface area contributed by atoms with E-state index in [0.29, 0.717) is 10.0 Å². The van der Waals surface area contributed by atoms with E-state index in [1.165, 1.54) is 6.07 Å². The van der Waals surface area contributed by atoms with Gasteiger partial charge in [0.15, 0.2) is 0 Å². The molecule has 1 aromatic rings. The van der Waals surface area contributed by atoms with Gasteiger partial charge in [-0.25, -0.2) is 8.42 Å². The number of aliphatic carboxylic acids is 1. The van der Waals surface area contributed by atoms with Crippen LogP contribution in [0.5, 0.6) is 0 Å². The molecule has 0 saturated heterocycles. The Morgan fingerprint density at radius 1 is 1.45 bits per heavy atom. The predicted molar refractivity (Wildman–Crippen MR) is 74.4 cm³/mol. The summed E-state index contributed by atoms with van der Waals surface area (Å²) < 4.78 is 26.8. The van der Waals surface area contributed by atoms with Crippen molar-refractivity contribution in [1.82, 2.24) is 4.72 Å². The van der Waals surface area contributed by atoms with Gasteiger partial charge in [-0.15, -0.1) is 0 Å². The molecule has 0 radical (unpaired) electrons. The molecule has 0 heterocycles. The number of carboxylic acids is 1.